The second-order valence-electron chi connectivity index (χ2n) is 14.2. The average molecular weight is 593 g/mol. The number of nitrogens with one attached hydrogen (secondary N) is 2. The quantitative estimate of drug-likeness (QED) is 0.197. The van der Waals surface area contributed by atoms with E-state index >= 15 is 0 Å². The predicted molar refractivity (Wildman–Crippen MR) is 168 cm³/mol. The fourth-order valence-electron chi connectivity index (χ4n) is 5.33. The normalized spacial score (nSPS) is 14.2. The van der Waals surface area contributed by atoms with Crippen LogP contribution in [-0.2, 0) is 25.5 Å². The third-order valence-electron chi connectivity index (χ3n) is 6.97. The molecule has 9 heteroatoms. The summed E-state index contributed by atoms with van der Waals surface area (Å²) in [6, 6.07) is 5.87. The van der Waals surface area contributed by atoms with E-state index in [1.807, 2.05) is 38.1 Å². The molecule has 8 nitrogen and oxygen atoms in total. The Kier molecular flexibility index (Phi) is 13.0. The van der Waals surface area contributed by atoms with Crippen molar-refractivity contribution in [2.45, 2.75) is 143 Å². The predicted octanol–water partition coefficient (Wildman–Crippen LogP) is 7.16. The topological polar surface area (TPSA) is 103 Å². The SMILES string of the molecule is CC(C)[C@H](NC(=O)OC(C)(C)C)C(=O)N[C@@H](Cc1cccc(O[Si](C(C)C)(C(C)C)C(C)C)c1)C(=O)OC(C)(C)C. The number of alkyl carbamates (subject to hydrolysis) is 1. The summed E-state index contributed by atoms with van der Waals surface area (Å²) in [7, 11) is -2.18. The van der Waals surface area contributed by atoms with E-state index in [1.54, 1.807) is 41.5 Å². The molecule has 0 heterocycles. The number of hydrogen-bond donors (Lipinski definition) is 2. The lowest BCUT2D eigenvalue weighted by Crippen LogP contribution is -2.55. The molecule has 0 spiro atoms. The fourth-order valence-corrected chi connectivity index (χ4v) is 10.6. The van der Waals surface area contributed by atoms with Crippen LogP contribution >= 0.6 is 0 Å². The second kappa shape index (κ2) is 14.6. The van der Waals surface area contributed by atoms with Gasteiger partial charge in [-0.3, -0.25) is 4.79 Å². The summed E-state index contributed by atoms with van der Waals surface area (Å²) in [6.07, 6.45) is -0.493. The maximum atomic E-state index is 13.4. The van der Waals surface area contributed by atoms with Gasteiger partial charge < -0.3 is 24.5 Å². The summed E-state index contributed by atoms with van der Waals surface area (Å²) in [5.74, 6) is -0.516. The van der Waals surface area contributed by atoms with Crippen molar-refractivity contribution in [2.75, 3.05) is 0 Å². The Hall–Kier alpha value is -2.55. The summed E-state index contributed by atoms with van der Waals surface area (Å²) >= 11 is 0. The summed E-state index contributed by atoms with van der Waals surface area (Å²) in [6.45, 7) is 27.7. The highest BCUT2D eigenvalue weighted by Gasteiger charge is 2.47. The van der Waals surface area contributed by atoms with Crippen LogP contribution in [0, 0.1) is 5.92 Å². The van der Waals surface area contributed by atoms with Gasteiger partial charge in [0.1, 0.15) is 29.0 Å². The van der Waals surface area contributed by atoms with Gasteiger partial charge in [0.15, 0.2) is 0 Å². The van der Waals surface area contributed by atoms with Gasteiger partial charge >= 0.3 is 12.1 Å². The van der Waals surface area contributed by atoms with E-state index in [9.17, 15) is 14.4 Å². The van der Waals surface area contributed by atoms with Crippen LogP contribution in [-0.4, -0.2) is 49.6 Å². The van der Waals surface area contributed by atoms with Crippen molar-refractivity contribution in [3.63, 3.8) is 0 Å². The van der Waals surface area contributed by atoms with E-state index in [0.29, 0.717) is 16.6 Å². The van der Waals surface area contributed by atoms with Gasteiger partial charge in [0.2, 0.25) is 5.91 Å². The summed E-state index contributed by atoms with van der Waals surface area (Å²) in [5.41, 5.74) is 0.601. The van der Waals surface area contributed by atoms with Crippen molar-refractivity contribution in [1.82, 2.24) is 10.6 Å². The van der Waals surface area contributed by atoms with Gasteiger partial charge in [-0.2, -0.15) is 0 Å². The first kappa shape index (κ1) is 36.5. The smallest absolute Gasteiger partial charge is 0.408 e. The summed E-state index contributed by atoms with van der Waals surface area (Å²) in [5, 5.41) is 5.50. The van der Waals surface area contributed by atoms with Gasteiger partial charge in [0, 0.05) is 6.42 Å². The van der Waals surface area contributed by atoms with Gasteiger partial charge in [0.25, 0.3) is 8.32 Å². The molecule has 0 aliphatic heterocycles. The Bertz CT molecular complexity index is 1000. The van der Waals surface area contributed by atoms with E-state index < -0.39 is 49.6 Å². The third-order valence-corrected chi connectivity index (χ3v) is 13.0. The Morgan fingerprint density at radius 3 is 1.73 bits per heavy atom. The van der Waals surface area contributed by atoms with Gasteiger partial charge in [0.05, 0.1) is 0 Å². The first-order valence-corrected chi connectivity index (χ1v) is 17.0. The maximum absolute atomic E-state index is 13.4. The highest BCUT2D eigenvalue weighted by atomic mass is 28.4. The molecule has 0 saturated heterocycles. The minimum atomic E-state index is -2.18. The minimum Gasteiger partial charge on any atom is -0.543 e. The zero-order valence-electron chi connectivity index (χ0n) is 27.9. The van der Waals surface area contributed by atoms with Crippen LogP contribution in [0.2, 0.25) is 16.6 Å². The standard InChI is InChI=1S/C32H56N2O6Si/c1-20(2)27(34-30(37)39-32(12,13)14)28(35)33-26(29(36)38-31(9,10)11)19-24-16-15-17-25(18-24)40-41(21(3)4,22(5)6)23(7)8/h15-18,20-23,26-27H,19H2,1-14H3,(H,33,35)(H,34,37)/t26-,27-/m0/s1. The Balaban J connectivity index is 3.32. The molecule has 1 aromatic rings. The molecule has 0 saturated carbocycles. The molecule has 2 amide bonds. The lowest BCUT2D eigenvalue weighted by molar-refractivity contribution is -0.158. The first-order valence-electron chi connectivity index (χ1n) is 14.9. The molecule has 0 aromatic heterocycles. The number of amides is 2. The molecule has 2 atom stereocenters. The number of ether oxygens (including phenoxy) is 2. The molecule has 234 valence electrons. The molecular formula is C32H56N2O6Si. The Morgan fingerprint density at radius 1 is 0.780 bits per heavy atom. The van der Waals surface area contributed by atoms with Gasteiger partial charge in [-0.15, -0.1) is 0 Å². The van der Waals surface area contributed by atoms with Crippen molar-refractivity contribution in [3.8, 4) is 5.75 Å². The summed E-state index contributed by atoms with van der Waals surface area (Å²) in [4.78, 5) is 39.2. The molecule has 41 heavy (non-hydrogen) atoms. The lowest BCUT2D eigenvalue weighted by Gasteiger charge is -2.42. The molecule has 0 bridgehead atoms. The number of benzene rings is 1. The maximum Gasteiger partial charge on any atom is 0.408 e. The molecule has 1 rings (SSSR count). The minimum absolute atomic E-state index is 0.203. The van der Waals surface area contributed by atoms with Crippen molar-refractivity contribution >= 4 is 26.3 Å². The van der Waals surface area contributed by atoms with Gasteiger partial charge in [-0.25, -0.2) is 9.59 Å². The number of rotatable bonds is 12. The Labute approximate surface area is 249 Å². The van der Waals surface area contributed by atoms with Crippen LogP contribution in [0.4, 0.5) is 4.79 Å². The van der Waals surface area contributed by atoms with Crippen LogP contribution in [0.25, 0.3) is 0 Å². The number of carbonyl (C=O) groups is 3. The van der Waals surface area contributed by atoms with E-state index in [4.69, 9.17) is 13.9 Å². The van der Waals surface area contributed by atoms with E-state index in [1.165, 1.54) is 0 Å². The molecule has 1 aromatic carbocycles. The van der Waals surface area contributed by atoms with Crippen molar-refractivity contribution in [1.29, 1.82) is 0 Å². The largest absolute Gasteiger partial charge is 0.543 e. The van der Waals surface area contributed by atoms with Gasteiger partial charge in [-0.1, -0.05) is 67.5 Å². The van der Waals surface area contributed by atoms with E-state index in [-0.39, 0.29) is 12.3 Å². The molecule has 2 N–H and O–H groups in total. The van der Waals surface area contributed by atoms with Crippen molar-refractivity contribution in [3.05, 3.63) is 29.8 Å². The monoisotopic (exact) mass is 592 g/mol. The molecular weight excluding hydrogens is 536 g/mol. The zero-order valence-corrected chi connectivity index (χ0v) is 28.9. The second-order valence-corrected chi connectivity index (χ2v) is 19.6. The van der Waals surface area contributed by atoms with Gasteiger partial charge in [-0.05, 0) is 81.8 Å². The highest BCUT2D eigenvalue weighted by molar-refractivity contribution is 6.78. The fraction of sp³-hybridized carbons (Fsp3) is 0.719. The van der Waals surface area contributed by atoms with Crippen LogP contribution in [0.5, 0.6) is 5.75 Å². The third kappa shape index (κ3) is 11.3. The number of esters is 1. The number of hydrogen-bond acceptors (Lipinski definition) is 6. The molecule has 0 aliphatic carbocycles. The van der Waals surface area contributed by atoms with Crippen LogP contribution < -0.4 is 15.1 Å². The Morgan fingerprint density at radius 2 is 1.29 bits per heavy atom. The summed E-state index contributed by atoms with van der Waals surface area (Å²) < 4.78 is 17.9. The first-order chi connectivity index (χ1) is 18.6. The van der Waals surface area contributed by atoms with E-state index in [0.717, 1.165) is 11.3 Å². The van der Waals surface area contributed by atoms with Crippen molar-refractivity contribution < 1.29 is 28.3 Å². The van der Waals surface area contributed by atoms with Crippen molar-refractivity contribution in [2.24, 2.45) is 5.92 Å². The molecule has 0 aliphatic rings. The molecule has 0 fully saturated rings. The molecule has 0 unspecified atom stereocenters. The van der Waals surface area contributed by atoms with Crippen LogP contribution in [0.3, 0.4) is 0 Å². The highest BCUT2D eigenvalue weighted by Crippen LogP contribution is 2.42. The number of carbonyl (C=O) groups excluding carboxylic acids is 3. The van der Waals surface area contributed by atoms with Crippen LogP contribution in [0.1, 0.15) is 102 Å². The zero-order chi connectivity index (χ0) is 31.9. The van der Waals surface area contributed by atoms with Crippen LogP contribution in [0.15, 0.2) is 24.3 Å². The van der Waals surface area contributed by atoms with E-state index in [2.05, 4.69) is 52.2 Å². The lowest BCUT2D eigenvalue weighted by atomic mass is 10.0. The average Bonchev–Trinajstić information content (AvgIpc) is 2.77. The molecule has 0 radical (unpaired) electrons.